The standard InChI is InChI=1S/C10H8ClIO/c1-2-3-10(13)7-4-5-9(12)8(11)6-7/h1,4-6,10,13H,3H2. The van der Waals surface area contributed by atoms with Crippen LogP contribution in [0.15, 0.2) is 18.2 Å². The second kappa shape index (κ2) is 4.85. The van der Waals surface area contributed by atoms with Gasteiger partial charge in [0.1, 0.15) is 0 Å². The molecule has 13 heavy (non-hydrogen) atoms. The van der Waals surface area contributed by atoms with E-state index in [1.165, 1.54) is 0 Å². The van der Waals surface area contributed by atoms with Crippen LogP contribution in [0.2, 0.25) is 5.02 Å². The normalized spacial score (nSPS) is 12.2. The molecule has 1 N–H and O–H groups in total. The second-order valence-electron chi connectivity index (χ2n) is 2.60. The summed E-state index contributed by atoms with van der Waals surface area (Å²) in [5, 5.41) is 10.2. The average molecular weight is 307 g/mol. The molecule has 0 aliphatic carbocycles. The molecule has 0 saturated carbocycles. The number of aliphatic hydroxyl groups excluding tert-OH is 1. The maximum Gasteiger partial charge on any atom is 0.0899 e. The molecule has 0 heterocycles. The van der Waals surface area contributed by atoms with E-state index in [4.69, 9.17) is 18.0 Å². The molecule has 0 radical (unpaired) electrons. The summed E-state index contributed by atoms with van der Waals surface area (Å²) in [5.41, 5.74) is 0.767. The molecule has 3 heteroatoms. The molecule has 1 aromatic carbocycles. The zero-order valence-corrected chi connectivity index (χ0v) is 9.71. The van der Waals surface area contributed by atoms with Crippen molar-refractivity contribution in [2.24, 2.45) is 0 Å². The van der Waals surface area contributed by atoms with Gasteiger partial charge in [-0.15, -0.1) is 12.3 Å². The molecule has 0 saturated heterocycles. The highest BCUT2D eigenvalue weighted by molar-refractivity contribution is 14.1. The van der Waals surface area contributed by atoms with Gasteiger partial charge in [0, 0.05) is 9.99 Å². The van der Waals surface area contributed by atoms with Crippen molar-refractivity contribution >= 4 is 34.2 Å². The Bertz CT molecular complexity index is 343. The van der Waals surface area contributed by atoms with E-state index in [1.807, 2.05) is 12.1 Å². The lowest BCUT2D eigenvalue weighted by molar-refractivity contribution is 0.184. The highest BCUT2D eigenvalue weighted by atomic mass is 127. The Morgan fingerprint density at radius 1 is 1.62 bits per heavy atom. The zero-order chi connectivity index (χ0) is 9.84. The number of rotatable bonds is 2. The van der Waals surface area contributed by atoms with E-state index in [9.17, 15) is 5.11 Å². The van der Waals surface area contributed by atoms with Crippen LogP contribution >= 0.6 is 34.2 Å². The van der Waals surface area contributed by atoms with Crippen molar-refractivity contribution in [2.45, 2.75) is 12.5 Å². The predicted octanol–water partition coefficient (Wildman–Crippen LogP) is 3.00. The van der Waals surface area contributed by atoms with Gasteiger partial charge in [0.25, 0.3) is 0 Å². The third-order valence-corrected chi connectivity index (χ3v) is 3.21. The summed E-state index contributed by atoms with van der Waals surface area (Å²) < 4.78 is 0.968. The van der Waals surface area contributed by atoms with Crippen molar-refractivity contribution in [1.29, 1.82) is 0 Å². The Hall–Kier alpha value is -0.240. The summed E-state index contributed by atoms with van der Waals surface area (Å²) in [5.74, 6) is 2.41. The first kappa shape index (κ1) is 10.8. The zero-order valence-electron chi connectivity index (χ0n) is 6.80. The van der Waals surface area contributed by atoms with Gasteiger partial charge in [-0.1, -0.05) is 17.7 Å². The number of hydrogen-bond donors (Lipinski definition) is 1. The minimum absolute atomic E-state index is 0.316. The SMILES string of the molecule is C#CCC(O)c1ccc(I)c(Cl)c1. The van der Waals surface area contributed by atoms with Crippen molar-refractivity contribution in [2.75, 3.05) is 0 Å². The molecular weight excluding hydrogens is 298 g/mol. The molecule has 0 aromatic heterocycles. The predicted molar refractivity (Wildman–Crippen MR) is 62.6 cm³/mol. The van der Waals surface area contributed by atoms with Gasteiger partial charge < -0.3 is 5.11 Å². The molecule has 0 fully saturated rings. The van der Waals surface area contributed by atoms with Crippen LogP contribution in [0.5, 0.6) is 0 Å². The largest absolute Gasteiger partial charge is 0.387 e. The molecule has 0 aliphatic rings. The summed E-state index contributed by atoms with van der Waals surface area (Å²) in [7, 11) is 0. The first-order valence-electron chi connectivity index (χ1n) is 3.71. The fraction of sp³-hybridized carbons (Fsp3) is 0.200. The first-order chi connectivity index (χ1) is 6.15. The Labute approximate surface area is 96.2 Å². The molecule has 0 spiro atoms. The van der Waals surface area contributed by atoms with E-state index in [0.29, 0.717) is 11.4 Å². The van der Waals surface area contributed by atoms with E-state index in [-0.39, 0.29) is 0 Å². The van der Waals surface area contributed by atoms with E-state index in [2.05, 4.69) is 28.5 Å². The summed E-state index contributed by atoms with van der Waals surface area (Å²) >= 11 is 8.02. The van der Waals surface area contributed by atoms with Gasteiger partial charge >= 0.3 is 0 Å². The third-order valence-electron chi connectivity index (χ3n) is 1.64. The van der Waals surface area contributed by atoms with Crippen molar-refractivity contribution in [1.82, 2.24) is 0 Å². The Morgan fingerprint density at radius 3 is 2.85 bits per heavy atom. The Kier molecular flexibility index (Phi) is 4.04. The van der Waals surface area contributed by atoms with Crippen molar-refractivity contribution in [3.63, 3.8) is 0 Å². The summed E-state index contributed by atoms with van der Waals surface area (Å²) in [6.07, 6.45) is 4.80. The van der Waals surface area contributed by atoms with Crippen LogP contribution in [0.1, 0.15) is 18.1 Å². The molecule has 1 atom stereocenters. The molecule has 1 rings (SSSR count). The second-order valence-corrected chi connectivity index (χ2v) is 4.17. The Morgan fingerprint density at radius 2 is 2.31 bits per heavy atom. The summed E-state index contributed by atoms with van der Waals surface area (Å²) in [6.45, 7) is 0. The highest BCUT2D eigenvalue weighted by Crippen LogP contribution is 2.24. The van der Waals surface area contributed by atoms with Gasteiger partial charge in [-0.25, -0.2) is 0 Å². The monoisotopic (exact) mass is 306 g/mol. The van der Waals surface area contributed by atoms with E-state index < -0.39 is 6.10 Å². The molecule has 0 bridgehead atoms. The van der Waals surface area contributed by atoms with Crippen LogP contribution in [0, 0.1) is 15.9 Å². The molecule has 1 unspecified atom stereocenters. The van der Waals surface area contributed by atoms with Crippen LogP contribution < -0.4 is 0 Å². The molecule has 0 amide bonds. The van der Waals surface area contributed by atoms with Crippen LogP contribution in [0.3, 0.4) is 0 Å². The molecule has 68 valence electrons. The summed E-state index contributed by atoms with van der Waals surface area (Å²) in [6, 6.07) is 5.43. The van der Waals surface area contributed by atoms with Crippen LogP contribution in [-0.4, -0.2) is 5.11 Å². The molecule has 0 aliphatic heterocycles. The van der Waals surface area contributed by atoms with Gasteiger partial charge in [-0.05, 0) is 40.3 Å². The van der Waals surface area contributed by atoms with E-state index in [1.54, 1.807) is 6.07 Å². The molecular formula is C10H8ClIO. The smallest absolute Gasteiger partial charge is 0.0899 e. The minimum atomic E-state index is -0.612. The number of halogens is 2. The van der Waals surface area contributed by atoms with Crippen LogP contribution in [0.25, 0.3) is 0 Å². The number of benzene rings is 1. The topological polar surface area (TPSA) is 20.2 Å². The average Bonchev–Trinajstić information content (AvgIpc) is 2.10. The lowest BCUT2D eigenvalue weighted by Crippen LogP contribution is -1.95. The minimum Gasteiger partial charge on any atom is -0.387 e. The lowest BCUT2D eigenvalue weighted by Gasteiger charge is -2.08. The number of aliphatic hydroxyl groups is 1. The Balaban J connectivity index is 2.91. The van der Waals surface area contributed by atoms with Crippen molar-refractivity contribution in [3.05, 3.63) is 32.4 Å². The maximum atomic E-state index is 9.53. The van der Waals surface area contributed by atoms with Crippen molar-refractivity contribution < 1.29 is 5.11 Å². The van der Waals surface area contributed by atoms with Gasteiger partial charge in [0.05, 0.1) is 11.1 Å². The number of hydrogen-bond acceptors (Lipinski definition) is 1. The van der Waals surface area contributed by atoms with E-state index in [0.717, 1.165) is 9.13 Å². The van der Waals surface area contributed by atoms with Gasteiger partial charge in [-0.2, -0.15) is 0 Å². The van der Waals surface area contributed by atoms with Crippen LogP contribution in [0.4, 0.5) is 0 Å². The molecule has 1 aromatic rings. The van der Waals surface area contributed by atoms with Crippen molar-refractivity contribution in [3.8, 4) is 12.3 Å². The lowest BCUT2D eigenvalue weighted by atomic mass is 10.1. The molecule has 1 nitrogen and oxygen atoms in total. The van der Waals surface area contributed by atoms with Gasteiger partial charge in [0.2, 0.25) is 0 Å². The fourth-order valence-corrected chi connectivity index (χ4v) is 1.47. The van der Waals surface area contributed by atoms with E-state index >= 15 is 0 Å². The van der Waals surface area contributed by atoms with Gasteiger partial charge in [0.15, 0.2) is 0 Å². The highest BCUT2D eigenvalue weighted by Gasteiger charge is 2.07. The third kappa shape index (κ3) is 2.87. The quantitative estimate of drug-likeness (QED) is 0.658. The summed E-state index contributed by atoms with van der Waals surface area (Å²) in [4.78, 5) is 0. The number of terminal acetylenes is 1. The first-order valence-corrected chi connectivity index (χ1v) is 5.17. The fourth-order valence-electron chi connectivity index (χ4n) is 0.949. The van der Waals surface area contributed by atoms with Crippen LogP contribution in [-0.2, 0) is 0 Å². The maximum absolute atomic E-state index is 9.53. The van der Waals surface area contributed by atoms with Gasteiger partial charge in [-0.3, -0.25) is 0 Å².